The van der Waals surface area contributed by atoms with E-state index in [9.17, 15) is 4.79 Å². The second-order valence-electron chi connectivity index (χ2n) is 7.78. The standard InChI is InChI=1S/C24H32N4O3/c1-5-30-21-12-19-11-17(2)31-22(19)13-20(21)15-26-24(27-16-23(29)28(3)4)25-14-18-9-7-6-8-10-18/h6-10,12-13,17H,5,11,14-16H2,1-4H3,(H2,25,26,27). The molecule has 2 aromatic rings. The molecule has 1 amide bonds. The van der Waals surface area contributed by atoms with Gasteiger partial charge in [0, 0.05) is 38.2 Å². The first kappa shape index (κ1) is 22.5. The van der Waals surface area contributed by atoms with Crippen molar-refractivity contribution in [3.63, 3.8) is 0 Å². The van der Waals surface area contributed by atoms with Crippen LogP contribution in [0, 0.1) is 0 Å². The molecule has 7 heteroatoms. The van der Waals surface area contributed by atoms with Crippen LogP contribution in [-0.2, 0) is 24.3 Å². The van der Waals surface area contributed by atoms with Gasteiger partial charge < -0.3 is 25.0 Å². The number of carbonyl (C=O) groups is 1. The maximum Gasteiger partial charge on any atom is 0.241 e. The van der Waals surface area contributed by atoms with Crippen molar-refractivity contribution in [1.82, 2.24) is 15.5 Å². The molecule has 3 rings (SSSR count). The summed E-state index contributed by atoms with van der Waals surface area (Å²) < 4.78 is 11.8. The number of aliphatic imine (C=N–C) groups is 1. The summed E-state index contributed by atoms with van der Waals surface area (Å²) in [4.78, 5) is 18.2. The molecule has 1 heterocycles. The van der Waals surface area contributed by atoms with Crippen LogP contribution in [0.1, 0.15) is 30.5 Å². The molecule has 1 aliphatic heterocycles. The van der Waals surface area contributed by atoms with Gasteiger partial charge in [0.2, 0.25) is 5.91 Å². The van der Waals surface area contributed by atoms with E-state index in [4.69, 9.17) is 9.47 Å². The number of benzene rings is 2. The number of carbonyl (C=O) groups excluding carboxylic acids is 1. The zero-order valence-corrected chi connectivity index (χ0v) is 18.8. The first-order valence-corrected chi connectivity index (χ1v) is 10.7. The largest absolute Gasteiger partial charge is 0.494 e. The summed E-state index contributed by atoms with van der Waals surface area (Å²) in [6.45, 7) is 5.80. The lowest BCUT2D eigenvalue weighted by atomic mass is 10.1. The zero-order chi connectivity index (χ0) is 22.2. The molecule has 0 aliphatic carbocycles. The smallest absolute Gasteiger partial charge is 0.241 e. The molecule has 2 N–H and O–H groups in total. The molecular formula is C24H32N4O3. The quantitative estimate of drug-likeness (QED) is 0.503. The Balaban J connectivity index is 1.74. The minimum atomic E-state index is -0.0239. The first-order chi connectivity index (χ1) is 15.0. The third kappa shape index (κ3) is 6.38. The Hall–Kier alpha value is -3.22. The number of likely N-dealkylation sites (N-methyl/N-ethyl adjacent to an activating group) is 1. The van der Waals surface area contributed by atoms with E-state index in [0.29, 0.717) is 25.7 Å². The molecule has 1 atom stereocenters. The van der Waals surface area contributed by atoms with E-state index < -0.39 is 0 Å². The molecule has 0 aromatic heterocycles. The number of amides is 1. The Labute approximate surface area is 184 Å². The summed E-state index contributed by atoms with van der Waals surface area (Å²) in [6, 6.07) is 14.1. The molecule has 0 bridgehead atoms. The van der Waals surface area contributed by atoms with E-state index in [1.165, 1.54) is 5.56 Å². The molecule has 0 saturated heterocycles. The number of fused-ring (bicyclic) bond motifs is 1. The minimum Gasteiger partial charge on any atom is -0.494 e. The summed E-state index contributed by atoms with van der Waals surface area (Å²) >= 11 is 0. The molecule has 1 aliphatic rings. The Morgan fingerprint density at radius 3 is 2.71 bits per heavy atom. The Kier molecular flexibility index (Phi) is 7.76. The van der Waals surface area contributed by atoms with Gasteiger partial charge >= 0.3 is 0 Å². The highest BCUT2D eigenvalue weighted by Gasteiger charge is 2.22. The number of hydrogen-bond acceptors (Lipinski definition) is 4. The van der Waals surface area contributed by atoms with Crippen LogP contribution in [0.2, 0.25) is 0 Å². The van der Waals surface area contributed by atoms with Crippen LogP contribution in [0.3, 0.4) is 0 Å². The third-order valence-corrected chi connectivity index (χ3v) is 4.99. The average molecular weight is 425 g/mol. The van der Waals surface area contributed by atoms with Gasteiger partial charge in [-0.2, -0.15) is 0 Å². The molecule has 0 spiro atoms. The minimum absolute atomic E-state index is 0.0239. The Morgan fingerprint density at radius 1 is 1.23 bits per heavy atom. The summed E-state index contributed by atoms with van der Waals surface area (Å²) in [6.07, 6.45) is 1.07. The fourth-order valence-corrected chi connectivity index (χ4v) is 3.33. The maximum absolute atomic E-state index is 12.0. The van der Waals surface area contributed by atoms with Crippen molar-refractivity contribution in [1.29, 1.82) is 0 Å². The summed E-state index contributed by atoms with van der Waals surface area (Å²) in [5.41, 5.74) is 3.26. The van der Waals surface area contributed by atoms with Crippen LogP contribution in [-0.4, -0.2) is 50.1 Å². The summed E-state index contributed by atoms with van der Waals surface area (Å²) in [5.74, 6) is 2.30. The van der Waals surface area contributed by atoms with Gasteiger partial charge in [0.15, 0.2) is 5.96 Å². The van der Waals surface area contributed by atoms with Crippen molar-refractivity contribution in [3.8, 4) is 11.5 Å². The van der Waals surface area contributed by atoms with Gasteiger partial charge in [0.1, 0.15) is 17.6 Å². The molecule has 166 valence electrons. The third-order valence-electron chi connectivity index (χ3n) is 4.99. The topological polar surface area (TPSA) is 75.2 Å². The normalized spacial score (nSPS) is 15.1. The molecular weight excluding hydrogens is 392 g/mol. The number of ether oxygens (including phenoxy) is 2. The predicted molar refractivity (Wildman–Crippen MR) is 123 cm³/mol. The molecule has 0 saturated carbocycles. The Morgan fingerprint density at radius 2 is 2.00 bits per heavy atom. The van der Waals surface area contributed by atoms with Crippen molar-refractivity contribution >= 4 is 11.9 Å². The van der Waals surface area contributed by atoms with E-state index in [2.05, 4.69) is 28.6 Å². The number of nitrogens with zero attached hydrogens (tertiary/aromatic N) is 2. The van der Waals surface area contributed by atoms with Crippen LogP contribution < -0.4 is 20.1 Å². The lowest BCUT2D eigenvalue weighted by molar-refractivity contribution is -0.127. The monoisotopic (exact) mass is 424 g/mol. The molecule has 2 aromatic carbocycles. The number of hydrogen-bond donors (Lipinski definition) is 2. The van der Waals surface area contributed by atoms with Crippen molar-refractivity contribution in [2.24, 2.45) is 4.99 Å². The number of rotatable bonds is 8. The van der Waals surface area contributed by atoms with Gasteiger partial charge in [0.05, 0.1) is 19.7 Å². The summed E-state index contributed by atoms with van der Waals surface area (Å²) in [7, 11) is 3.47. The van der Waals surface area contributed by atoms with Crippen molar-refractivity contribution in [2.75, 3.05) is 27.2 Å². The number of guanidine groups is 1. The molecule has 0 fully saturated rings. The molecule has 0 radical (unpaired) electrons. The summed E-state index contributed by atoms with van der Waals surface area (Å²) in [5, 5.41) is 6.46. The fraction of sp³-hybridized carbons (Fsp3) is 0.417. The molecule has 31 heavy (non-hydrogen) atoms. The van der Waals surface area contributed by atoms with Gasteiger partial charge in [-0.05, 0) is 31.5 Å². The van der Waals surface area contributed by atoms with Gasteiger partial charge in [-0.25, -0.2) is 4.99 Å². The number of nitrogens with one attached hydrogen (secondary N) is 2. The van der Waals surface area contributed by atoms with E-state index in [1.54, 1.807) is 19.0 Å². The zero-order valence-electron chi connectivity index (χ0n) is 18.8. The van der Waals surface area contributed by atoms with E-state index in [-0.39, 0.29) is 18.6 Å². The highest BCUT2D eigenvalue weighted by atomic mass is 16.5. The second kappa shape index (κ2) is 10.7. The van der Waals surface area contributed by atoms with Crippen LogP contribution in [0.25, 0.3) is 0 Å². The van der Waals surface area contributed by atoms with Gasteiger partial charge in [0.25, 0.3) is 0 Å². The van der Waals surface area contributed by atoms with E-state index in [0.717, 1.165) is 29.0 Å². The average Bonchev–Trinajstić information content (AvgIpc) is 3.12. The highest BCUT2D eigenvalue weighted by molar-refractivity contribution is 5.86. The maximum atomic E-state index is 12.0. The van der Waals surface area contributed by atoms with Crippen molar-refractivity contribution in [2.45, 2.75) is 39.5 Å². The van der Waals surface area contributed by atoms with Crippen molar-refractivity contribution in [3.05, 3.63) is 59.2 Å². The van der Waals surface area contributed by atoms with Crippen LogP contribution in [0.15, 0.2) is 47.5 Å². The second-order valence-corrected chi connectivity index (χ2v) is 7.78. The van der Waals surface area contributed by atoms with Crippen LogP contribution >= 0.6 is 0 Å². The van der Waals surface area contributed by atoms with Gasteiger partial charge in [-0.15, -0.1) is 0 Å². The first-order valence-electron chi connectivity index (χ1n) is 10.7. The van der Waals surface area contributed by atoms with Crippen LogP contribution in [0.4, 0.5) is 0 Å². The lowest BCUT2D eigenvalue weighted by Crippen LogP contribution is -2.42. The van der Waals surface area contributed by atoms with Crippen LogP contribution in [0.5, 0.6) is 11.5 Å². The molecule has 7 nitrogen and oxygen atoms in total. The van der Waals surface area contributed by atoms with Crippen molar-refractivity contribution < 1.29 is 14.3 Å². The van der Waals surface area contributed by atoms with Gasteiger partial charge in [-0.3, -0.25) is 4.79 Å². The SMILES string of the molecule is CCOc1cc2c(cc1CNC(=NCc1ccccc1)NCC(=O)N(C)C)OC(C)C2. The van der Waals surface area contributed by atoms with E-state index >= 15 is 0 Å². The molecule has 1 unspecified atom stereocenters. The lowest BCUT2D eigenvalue weighted by Gasteiger charge is -2.17. The van der Waals surface area contributed by atoms with E-state index in [1.807, 2.05) is 43.3 Å². The fourth-order valence-electron chi connectivity index (χ4n) is 3.33. The Bertz CT molecular complexity index is 913. The van der Waals surface area contributed by atoms with Gasteiger partial charge in [-0.1, -0.05) is 30.3 Å². The highest BCUT2D eigenvalue weighted by Crippen LogP contribution is 2.35. The predicted octanol–water partition coefficient (Wildman–Crippen LogP) is 2.73.